The molecule has 0 aliphatic carbocycles. The number of halogens is 2. The Kier molecular flexibility index (Phi) is 5.74. The second-order valence-corrected chi connectivity index (χ2v) is 6.31. The van der Waals surface area contributed by atoms with Gasteiger partial charge in [-0.1, -0.05) is 0 Å². The lowest BCUT2D eigenvalue weighted by Gasteiger charge is -2.18. The first-order valence-corrected chi connectivity index (χ1v) is 8.13. The van der Waals surface area contributed by atoms with Crippen LogP contribution >= 0.6 is 0 Å². The molecule has 0 spiro atoms. The van der Waals surface area contributed by atoms with Crippen LogP contribution in [0.5, 0.6) is 5.75 Å². The van der Waals surface area contributed by atoms with Gasteiger partial charge in [0.25, 0.3) is 5.92 Å². The molecule has 26 heavy (non-hydrogen) atoms. The lowest BCUT2D eigenvalue weighted by Crippen LogP contribution is -2.12. The minimum absolute atomic E-state index is 0.112. The van der Waals surface area contributed by atoms with Crippen LogP contribution in [-0.2, 0) is 10.7 Å². The molecule has 0 unspecified atom stereocenters. The molecule has 2 N–H and O–H groups in total. The zero-order valence-electron chi connectivity index (χ0n) is 15.4. The number of amides is 1. The molecule has 0 radical (unpaired) electrons. The number of hydrogen-bond acceptors (Lipinski definition) is 5. The number of aromatic nitrogens is 2. The predicted octanol–water partition coefficient (Wildman–Crippen LogP) is 4.39. The van der Waals surface area contributed by atoms with Gasteiger partial charge in [0, 0.05) is 31.3 Å². The van der Waals surface area contributed by atoms with Crippen molar-refractivity contribution in [2.75, 3.05) is 10.6 Å². The Labute approximate surface area is 151 Å². The molecule has 140 valence electrons. The third kappa shape index (κ3) is 5.37. The Hall–Kier alpha value is -2.77. The largest absolute Gasteiger partial charge is 0.487 e. The predicted molar refractivity (Wildman–Crippen MR) is 96.1 cm³/mol. The molecule has 2 aromatic heterocycles. The SMILES string of the molecule is CC(=O)Nc1cc(Nc2cc(C)nc(C(C)(F)F)c2)c(OC(C)C)cn1. The number of pyridine rings is 2. The number of carbonyl (C=O) groups is 1. The number of nitrogens with one attached hydrogen (secondary N) is 2. The highest BCUT2D eigenvalue weighted by molar-refractivity contribution is 5.88. The van der Waals surface area contributed by atoms with E-state index >= 15 is 0 Å². The molecule has 0 aliphatic rings. The van der Waals surface area contributed by atoms with E-state index in [0.717, 1.165) is 6.92 Å². The van der Waals surface area contributed by atoms with Crippen molar-refractivity contribution in [3.8, 4) is 5.75 Å². The van der Waals surface area contributed by atoms with Crippen LogP contribution in [-0.4, -0.2) is 22.0 Å². The molecule has 0 fully saturated rings. The average Bonchev–Trinajstić information content (AvgIpc) is 2.47. The molecular weight excluding hydrogens is 342 g/mol. The van der Waals surface area contributed by atoms with Gasteiger partial charge in [0.2, 0.25) is 5.91 Å². The summed E-state index contributed by atoms with van der Waals surface area (Å²) in [6, 6.07) is 4.51. The van der Waals surface area contributed by atoms with Crippen molar-refractivity contribution >= 4 is 23.1 Å². The summed E-state index contributed by atoms with van der Waals surface area (Å²) in [5.41, 5.74) is 1.05. The van der Waals surface area contributed by atoms with Gasteiger partial charge in [-0.15, -0.1) is 0 Å². The van der Waals surface area contributed by atoms with E-state index in [1.807, 2.05) is 13.8 Å². The first-order chi connectivity index (χ1) is 12.0. The quantitative estimate of drug-likeness (QED) is 0.795. The van der Waals surface area contributed by atoms with Crippen molar-refractivity contribution in [3.63, 3.8) is 0 Å². The fraction of sp³-hybridized carbons (Fsp3) is 0.389. The summed E-state index contributed by atoms with van der Waals surface area (Å²) >= 11 is 0. The third-order valence-corrected chi connectivity index (χ3v) is 3.22. The molecule has 0 atom stereocenters. The number of ether oxygens (including phenoxy) is 1. The molecule has 2 rings (SSSR count). The zero-order chi connectivity index (χ0) is 19.5. The molecule has 2 heterocycles. The normalized spacial score (nSPS) is 11.4. The fourth-order valence-electron chi connectivity index (χ4n) is 2.26. The van der Waals surface area contributed by atoms with Gasteiger partial charge in [0.1, 0.15) is 11.5 Å². The third-order valence-electron chi connectivity index (χ3n) is 3.22. The van der Waals surface area contributed by atoms with E-state index in [1.165, 1.54) is 19.2 Å². The summed E-state index contributed by atoms with van der Waals surface area (Å²) in [5, 5.41) is 5.64. The molecule has 0 saturated heterocycles. The van der Waals surface area contributed by atoms with Crippen LogP contribution in [0.25, 0.3) is 0 Å². The molecule has 0 aromatic carbocycles. The van der Waals surface area contributed by atoms with E-state index in [0.29, 0.717) is 28.6 Å². The van der Waals surface area contributed by atoms with Gasteiger partial charge in [-0.25, -0.2) is 4.98 Å². The highest BCUT2D eigenvalue weighted by atomic mass is 19.3. The van der Waals surface area contributed by atoms with E-state index < -0.39 is 5.92 Å². The highest BCUT2D eigenvalue weighted by Gasteiger charge is 2.27. The smallest absolute Gasteiger partial charge is 0.287 e. The van der Waals surface area contributed by atoms with Gasteiger partial charge in [0.15, 0.2) is 5.75 Å². The number of rotatable bonds is 6. The topological polar surface area (TPSA) is 76.1 Å². The van der Waals surface area contributed by atoms with Crippen LogP contribution in [0.1, 0.15) is 39.1 Å². The summed E-state index contributed by atoms with van der Waals surface area (Å²) in [4.78, 5) is 19.3. The highest BCUT2D eigenvalue weighted by Crippen LogP contribution is 2.33. The number of alkyl halides is 2. The van der Waals surface area contributed by atoms with Crippen LogP contribution in [0.4, 0.5) is 26.0 Å². The van der Waals surface area contributed by atoms with Crippen molar-refractivity contribution in [2.24, 2.45) is 0 Å². The van der Waals surface area contributed by atoms with E-state index in [1.54, 1.807) is 19.1 Å². The van der Waals surface area contributed by atoms with E-state index in [4.69, 9.17) is 4.74 Å². The van der Waals surface area contributed by atoms with Gasteiger partial charge < -0.3 is 15.4 Å². The Morgan fingerprint density at radius 2 is 1.96 bits per heavy atom. The minimum Gasteiger partial charge on any atom is -0.487 e. The van der Waals surface area contributed by atoms with Gasteiger partial charge in [-0.3, -0.25) is 9.78 Å². The molecule has 2 aromatic rings. The van der Waals surface area contributed by atoms with Crippen LogP contribution in [0.15, 0.2) is 24.4 Å². The number of anilines is 3. The van der Waals surface area contributed by atoms with E-state index in [9.17, 15) is 13.6 Å². The number of carbonyl (C=O) groups excluding carboxylic acids is 1. The van der Waals surface area contributed by atoms with Gasteiger partial charge in [0.05, 0.1) is 18.0 Å². The van der Waals surface area contributed by atoms with Crippen LogP contribution in [0, 0.1) is 6.92 Å². The number of nitrogens with zero attached hydrogens (tertiary/aromatic N) is 2. The molecule has 0 aliphatic heterocycles. The van der Waals surface area contributed by atoms with Crippen molar-refractivity contribution in [3.05, 3.63) is 35.8 Å². The average molecular weight is 364 g/mol. The second kappa shape index (κ2) is 7.63. The lowest BCUT2D eigenvalue weighted by atomic mass is 10.2. The van der Waals surface area contributed by atoms with Crippen LogP contribution in [0.2, 0.25) is 0 Å². The fourth-order valence-corrected chi connectivity index (χ4v) is 2.26. The van der Waals surface area contributed by atoms with Crippen molar-refractivity contribution < 1.29 is 18.3 Å². The van der Waals surface area contributed by atoms with Crippen molar-refractivity contribution in [1.82, 2.24) is 9.97 Å². The summed E-state index contributed by atoms with van der Waals surface area (Å²) in [7, 11) is 0. The van der Waals surface area contributed by atoms with E-state index in [-0.39, 0.29) is 17.7 Å². The van der Waals surface area contributed by atoms with Gasteiger partial charge in [-0.2, -0.15) is 8.78 Å². The van der Waals surface area contributed by atoms with Crippen LogP contribution in [0.3, 0.4) is 0 Å². The maximum absolute atomic E-state index is 13.6. The van der Waals surface area contributed by atoms with Crippen molar-refractivity contribution in [1.29, 1.82) is 0 Å². The summed E-state index contributed by atoms with van der Waals surface area (Å²) in [6.45, 7) is 7.53. The van der Waals surface area contributed by atoms with Gasteiger partial charge in [-0.05, 0) is 32.9 Å². The standard InChI is InChI=1S/C18H22F2N4O2/c1-10(2)26-15-9-21-17(23-12(4)25)8-14(15)24-13-6-11(3)22-16(7-13)18(5,19)20/h6-10H,1-5H3,(H2,21,22,23,24,25). The second-order valence-electron chi connectivity index (χ2n) is 6.31. The molecular formula is C18H22F2N4O2. The lowest BCUT2D eigenvalue weighted by molar-refractivity contribution is -0.114. The van der Waals surface area contributed by atoms with Crippen molar-refractivity contribution in [2.45, 2.75) is 46.6 Å². The van der Waals surface area contributed by atoms with Gasteiger partial charge >= 0.3 is 0 Å². The Balaban J connectivity index is 2.43. The first-order valence-electron chi connectivity index (χ1n) is 8.13. The Morgan fingerprint density at radius 3 is 2.54 bits per heavy atom. The summed E-state index contributed by atoms with van der Waals surface area (Å²) < 4.78 is 33.0. The summed E-state index contributed by atoms with van der Waals surface area (Å²) in [5.74, 6) is -2.57. The number of aryl methyl sites for hydroxylation is 1. The monoisotopic (exact) mass is 364 g/mol. The molecule has 8 heteroatoms. The molecule has 6 nitrogen and oxygen atoms in total. The Bertz CT molecular complexity index is 804. The zero-order valence-corrected chi connectivity index (χ0v) is 15.4. The van der Waals surface area contributed by atoms with E-state index in [2.05, 4.69) is 20.6 Å². The molecule has 0 bridgehead atoms. The minimum atomic E-state index is -3.06. The molecule has 0 saturated carbocycles. The first kappa shape index (κ1) is 19.6. The summed E-state index contributed by atoms with van der Waals surface area (Å²) in [6.07, 6.45) is 1.36. The Morgan fingerprint density at radius 1 is 1.27 bits per heavy atom. The molecule has 1 amide bonds. The van der Waals surface area contributed by atoms with Crippen LogP contribution < -0.4 is 15.4 Å². The number of hydrogen-bond donors (Lipinski definition) is 2. The maximum Gasteiger partial charge on any atom is 0.287 e. The maximum atomic E-state index is 13.6.